The van der Waals surface area contributed by atoms with Crippen LogP contribution in [0.1, 0.15) is 24.8 Å². The van der Waals surface area contributed by atoms with Gasteiger partial charge in [0, 0.05) is 18.2 Å². The van der Waals surface area contributed by atoms with Crippen molar-refractivity contribution in [1.29, 1.82) is 0 Å². The molecule has 1 aromatic rings. The summed E-state index contributed by atoms with van der Waals surface area (Å²) in [4.78, 5) is 14.2. The maximum Gasteiger partial charge on any atom is 0.238 e. The van der Waals surface area contributed by atoms with Crippen molar-refractivity contribution in [3.05, 3.63) is 23.8 Å². The lowest BCUT2D eigenvalue weighted by molar-refractivity contribution is -0.124. The third kappa shape index (κ3) is 2.15. The van der Waals surface area contributed by atoms with Crippen LogP contribution in [0.4, 0.5) is 5.69 Å². The molecule has 6 heteroatoms. The molecule has 1 aliphatic heterocycles. The van der Waals surface area contributed by atoms with Gasteiger partial charge in [-0.2, -0.15) is 0 Å². The largest absolute Gasteiger partial charge is 0.312 e. The standard InChI is InChI=1S/C13H16N2O3S/c14-19(17,18)11-4-5-12-10(8-11)6-7-15(12)13(16)9-2-1-3-9/h4-5,8-9H,1-3,6-7H2,(H2,14,17,18). The molecule has 0 unspecified atom stereocenters. The average Bonchev–Trinajstić information content (AvgIpc) is 2.67. The Morgan fingerprint density at radius 2 is 2.05 bits per heavy atom. The van der Waals surface area contributed by atoms with E-state index in [1.54, 1.807) is 17.0 Å². The molecule has 1 heterocycles. The van der Waals surface area contributed by atoms with Crippen LogP contribution in [0.5, 0.6) is 0 Å². The Kier molecular flexibility index (Phi) is 2.87. The average molecular weight is 280 g/mol. The van der Waals surface area contributed by atoms with Crippen molar-refractivity contribution < 1.29 is 13.2 Å². The van der Waals surface area contributed by atoms with E-state index in [4.69, 9.17) is 5.14 Å². The third-order valence-corrected chi connectivity index (χ3v) is 4.91. The van der Waals surface area contributed by atoms with Crippen LogP contribution in [0.2, 0.25) is 0 Å². The molecule has 102 valence electrons. The zero-order valence-electron chi connectivity index (χ0n) is 10.5. The van der Waals surface area contributed by atoms with Gasteiger partial charge in [0.15, 0.2) is 0 Å². The second-order valence-corrected chi connectivity index (χ2v) is 6.76. The number of amides is 1. The van der Waals surface area contributed by atoms with Crippen LogP contribution in [0.25, 0.3) is 0 Å². The highest BCUT2D eigenvalue weighted by molar-refractivity contribution is 7.89. The minimum absolute atomic E-state index is 0.115. The van der Waals surface area contributed by atoms with Crippen molar-refractivity contribution in [3.63, 3.8) is 0 Å². The van der Waals surface area contributed by atoms with Crippen LogP contribution in [0.15, 0.2) is 23.1 Å². The molecule has 0 spiro atoms. The normalized spacial score (nSPS) is 19.1. The van der Waals surface area contributed by atoms with Crippen molar-refractivity contribution in [2.24, 2.45) is 11.1 Å². The zero-order chi connectivity index (χ0) is 13.6. The number of carbonyl (C=O) groups excluding carboxylic acids is 1. The monoisotopic (exact) mass is 280 g/mol. The summed E-state index contributed by atoms with van der Waals surface area (Å²) in [5.74, 6) is 0.331. The van der Waals surface area contributed by atoms with E-state index >= 15 is 0 Å². The number of hydrogen-bond donors (Lipinski definition) is 1. The first-order chi connectivity index (χ1) is 8.97. The maximum absolute atomic E-state index is 12.3. The number of benzene rings is 1. The predicted molar refractivity (Wildman–Crippen MR) is 71.2 cm³/mol. The van der Waals surface area contributed by atoms with E-state index in [1.807, 2.05) is 0 Å². The Morgan fingerprint density at radius 3 is 2.63 bits per heavy atom. The van der Waals surface area contributed by atoms with Crippen LogP contribution in [0.3, 0.4) is 0 Å². The fourth-order valence-corrected chi connectivity index (χ4v) is 3.22. The van der Waals surface area contributed by atoms with Crippen molar-refractivity contribution in [1.82, 2.24) is 0 Å². The number of anilines is 1. The second-order valence-electron chi connectivity index (χ2n) is 5.20. The maximum atomic E-state index is 12.3. The van der Waals surface area contributed by atoms with Crippen molar-refractivity contribution >= 4 is 21.6 Å². The molecule has 1 amide bonds. The van der Waals surface area contributed by atoms with Crippen LogP contribution >= 0.6 is 0 Å². The van der Waals surface area contributed by atoms with Gasteiger partial charge in [-0.15, -0.1) is 0 Å². The lowest BCUT2D eigenvalue weighted by atomic mass is 9.84. The molecular weight excluding hydrogens is 264 g/mol. The number of rotatable bonds is 2. The van der Waals surface area contributed by atoms with Crippen molar-refractivity contribution in [2.75, 3.05) is 11.4 Å². The van der Waals surface area contributed by atoms with Gasteiger partial charge in [-0.05, 0) is 43.0 Å². The predicted octanol–water partition coefficient (Wildman–Crippen LogP) is 1.02. The van der Waals surface area contributed by atoms with E-state index in [-0.39, 0.29) is 16.7 Å². The molecule has 1 fully saturated rings. The number of sulfonamides is 1. The quantitative estimate of drug-likeness (QED) is 0.878. The summed E-state index contributed by atoms with van der Waals surface area (Å²) >= 11 is 0. The Balaban J connectivity index is 1.91. The molecule has 19 heavy (non-hydrogen) atoms. The molecule has 1 saturated carbocycles. The smallest absolute Gasteiger partial charge is 0.238 e. The highest BCUT2D eigenvalue weighted by atomic mass is 32.2. The van der Waals surface area contributed by atoms with E-state index in [0.717, 1.165) is 30.5 Å². The first-order valence-electron chi connectivity index (χ1n) is 6.44. The minimum atomic E-state index is -3.68. The molecule has 0 radical (unpaired) electrons. The van der Waals surface area contributed by atoms with E-state index < -0.39 is 10.0 Å². The first-order valence-corrected chi connectivity index (χ1v) is 7.98. The van der Waals surface area contributed by atoms with E-state index in [9.17, 15) is 13.2 Å². The molecule has 0 saturated heterocycles. The Hall–Kier alpha value is -1.40. The Bertz CT molecular complexity index is 635. The summed E-state index contributed by atoms with van der Waals surface area (Å²) in [6.45, 7) is 0.638. The Labute approximate surface area is 112 Å². The highest BCUT2D eigenvalue weighted by Gasteiger charge is 2.33. The number of nitrogens with two attached hydrogens (primary N) is 1. The van der Waals surface area contributed by atoms with E-state index in [1.165, 1.54) is 6.07 Å². The second kappa shape index (κ2) is 4.31. The number of fused-ring (bicyclic) bond motifs is 1. The van der Waals surface area contributed by atoms with E-state index in [0.29, 0.717) is 13.0 Å². The van der Waals surface area contributed by atoms with Gasteiger partial charge in [-0.25, -0.2) is 13.6 Å². The van der Waals surface area contributed by atoms with Gasteiger partial charge in [0.1, 0.15) is 0 Å². The zero-order valence-corrected chi connectivity index (χ0v) is 11.3. The molecule has 0 aromatic heterocycles. The highest BCUT2D eigenvalue weighted by Crippen LogP contribution is 2.35. The number of hydrogen-bond acceptors (Lipinski definition) is 3. The van der Waals surface area contributed by atoms with Gasteiger partial charge in [0.2, 0.25) is 15.9 Å². The van der Waals surface area contributed by atoms with E-state index in [2.05, 4.69) is 0 Å². The fourth-order valence-electron chi connectivity index (χ4n) is 2.66. The van der Waals surface area contributed by atoms with Crippen LogP contribution < -0.4 is 10.0 Å². The first kappa shape index (κ1) is 12.6. The molecule has 2 N–H and O–H groups in total. The van der Waals surface area contributed by atoms with Gasteiger partial charge in [0.25, 0.3) is 0 Å². The van der Waals surface area contributed by atoms with Gasteiger partial charge < -0.3 is 4.90 Å². The van der Waals surface area contributed by atoms with Gasteiger partial charge in [0.05, 0.1) is 4.90 Å². The van der Waals surface area contributed by atoms with Crippen LogP contribution in [-0.4, -0.2) is 20.9 Å². The molecule has 2 aliphatic rings. The third-order valence-electron chi connectivity index (χ3n) is 4.00. The van der Waals surface area contributed by atoms with Crippen LogP contribution in [-0.2, 0) is 21.2 Å². The summed E-state index contributed by atoms with van der Waals surface area (Å²) in [6.07, 6.45) is 3.76. The molecule has 0 bridgehead atoms. The number of carbonyl (C=O) groups is 1. The number of nitrogens with zero attached hydrogens (tertiary/aromatic N) is 1. The summed E-state index contributed by atoms with van der Waals surface area (Å²) < 4.78 is 22.6. The van der Waals surface area contributed by atoms with Gasteiger partial charge in [-0.1, -0.05) is 6.42 Å². The molecule has 5 nitrogen and oxygen atoms in total. The Morgan fingerprint density at radius 1 is 1.32 bits per heavy atom. The van der Waals surface area contributed by atoms with Crippen LogP contribution in [0, 0.1) is 5.92 Å². The minimum Gasteiger partial charge on any atom is -0.312 e. The van der Waals surface area contributed by atoms with Gasteiger partial charge in [-0.3, -0.25) is 4.79 Å². The number of primary sulfonamides is 1. The topological polar surface area (TPSA) is 80.5 Å². The molecular formula is C13H16N2O3S. The summed E-state index contributed by atoms with van der Waals surface area (Å²) in [6, 6.07) is 4.75. The summed E-state index contributed by atoms with van der Waals surface area (Å²) in [5, 5.41) is 5.12. The molecule has 1 aliphatic carbocycles. The molecule has 1 aromatic carbocycles. The summed E-state index contributed by atoms with van der Waals surface area (Å²) in [7, 11) is -3.68. The lowest BCUT2D eigenvalue weighted by Crippen LogP contribution is -2.37. The molecule has 3 rings (SSSR count). The molecule has 0 atom stereocenters. The summed E-state index contributed by atoms with van der Waals surface area (Å²) in [5.41, 5.74) is 1.73. The van der Waals surface area contributed by atoms with Gasteiger partial charge >= 0.3 is 0 Å². The fraction of sp³-hybridized carbons (Fsp3) is 0.462. The lowest BCUT2D eigenvalue weighted by Gasteiger charge is -2.29. The van der Waals surface area contributed by atoms with Crippen molar-refractivity contribution in [3.8, 4) is 0 Å². The van der Waals surface area contributed by atoms with Crippen molar-refractivity contribution in [2.45, 2.75) is 30.6 Å². The SMILES string of the molecule is NS(=O)(=O)c1ccc2c(c1)CCN2C(=O)C1CCC1.